The predicted molar refractivity (Wildman–Crippen MR) is 65.0 cm³/mol. The van der Waals surface area contributed by atoms with Crippen LogP contribution in [0.25, 0.3) is 0 Å². The highest BCUT2D eigenvalue weighted by molar-refractivity contribution is 5.95. The molecule has 102 valence electrons. The second-order valence-corrected chi connectivity index (χ2v) is 4.29. The van der Waals surface area contributed by atoms with Gasteiger partial charge in [0, 0.05) is 18.7 Å². The van der Waals surface area contributed by atoms with E-state index in [1.54, 1.807) is 13.8 Å². The van der Waals surface area contributed by atoms with Crippen LogP contribution in [0, 0.1) is 22.9 Å². The molecule has 0 heterocycles. The van der Waals surface area contributed by atoms with Crippen molar-refractivity contribution in [1.29, 1.82) is 0 Å². The van der Waals surface area contributed by atoms with E-state index in [-0.39, 0.29) is 19.0 Å². The molecule has 0 aliphatic heterocycles. The number of amides is 1. The Morgan fingerprint density at radius 2 is 1.72 bits per heavy atom. The molecule has 1 aromatic rings. The van der Waals surface area contributed by atoms with E-state index in [0.29, 0.717) is 12.1 Å². The Hall–Kier alpha value is -1.27. The van der Waals surface area contributed by atoms with Gasteiger partial charge in [0.05, 0.1) is 11.1 Å². The van der Waals surface area contributed by atoms with Gasteiger partial charge in [-0.05, 0) is 13.8 Å². The summed E-state index contributed by atoms with van der Waals surface area (Å²) in [6, 6.07) is 0.968. The Bertz CT molecular complexity index is 452. The van der Waals surface area contributed by atoms with Crippen LogP contribution in [0.5, 0.6) is 0 Å². The first-order valence-electron chi connectivity index (χ1n) is 4.94. The highest BCUT2D eigenvalue weighted by atomic mass is 35.5. The quantitative estimate of drug-likeness (QED) is 0.837. The van der Waals surface area contributed by atoms with Gasteiger partial charge in [-0.15, -0.1) is 12.4 Å². The number of nitrogens with two attached hydrogens (primary N) is 1. The summed E-state index contributed by atoms with van der Waals surface area (Å²) in [5, 5.41) is 2.17. The minimum Gasteiger partial charge on any atom is -0.329 e. The Morgan fingerprint density at radius 1 is 1.22 bits per heavy atom. The van der Waals surface area contributed by atoms with Gasteiger partial charge in [0.2, 0.25) is 5.91 Å². The highest BCUT2D eigenvalue weighted by Crippen LogP contribution is 2.21. The molecule has 0 saturated heterocycles. The van der Waals surface area contributed by atoms with Crippen LogP contribution < -0.4 is 11.1 Å². The molecule has 0 spiro atoms. The van der Waals surface area contributed by atoms with Crippen LogP contribution in [0.4, 0.5) is 18.9 Å². The Kier molecular flexibility index (Phi) is 5.63. The Balaban J connectivity index is 0.00000289. The van der Waals surface area contributed by atoms with Crippen LogP contribution in [0.1, 0.15) is 13.8 Å². The van der Waals surface area contributed by atoms with Crippen LogP contribution in [0.3, 0.4) is 0 Å². The number of carbonyl (C=O) groups is 1. The monoisotopic (exact) mass is 282 g/mol. The van der Waals surface area contributed by atoms with Crippen LogP contribution in [0.2, 0.25) is 0 Å². The van der Waals surface area contributed by atoms with E-state index in [1.165, 1.54) is 0 Å². The average molecular weight is 283 g/mol. The van der Waals surface area contributed by atoms with Gasteiger partial charge >= 0.3 is 0 Å². The third kappa shape index (κ3) is 3.61. The molecule has 3 nitrogen and oxygen atoms in total. The van der Waals surface area contributed by atoms with Crippen molar-refractivity contribution in [3.05, 3.63) is 29.6 Å². The lowest BCUT2D eigenvalue weighted by Gasteiger charge is -2.21. The first-order chi connectivity index (χ1) is 7.77. The van der Waals surface area contributed by atoms with E-state index in [0.717, 1.165) is 0 Å². The molecule has 0 saturated carbocycles. The molecular formula is C11H14ClF3N2O. The first-order valence-corrected chi connectivity index (χ1v) is 4.94. The van der Waals surface area contributed by atoms with Gasteiger partial charge < -0.3 is 11.1 Å². The van der Waals surface area contributed by atoms with E-state index in [9.17, 15) is 18.0 Å². The summed E-state index contributed by atoms with van der Waals surface area (Å²) >= 11 is 0. The largest absolute Gasteiger partial charge is 0.329 e. The zero-order valence-electron chi connectivity index (χ0n) is 9.89. The smallest absolute Gasteiger partial charge is 0.231 e. The lowest BCUT2D eigenvalue weighted by atomic mass is 9.92. The molecule has 0 atom stereocenters. The second kappa shape index (κ2) is 6.06. The highest BCUT2D eigenvalue weighted by Gasteiger charge is 2.26. The lowest BCUT2D eigenvalue weighted by molar-refractivity contribution is -0.123. The maximum absolute atomic E-state index is 13.2. The minimum atomic E-state index is -1.31. The number of hydrogen-bond donors (Lipinski definition) is 2. The third-order valence-electron chi connectivity index (χ3n) is 2.38. The van der Waals surface area contributed by atoms with Crippen molar-refractivity contribution in [3.8, 4) is 0 Å². The molecule has 1 aromatic carbocycles. The van der Waals surface area contributed by atoms with E-state index in [4.69, 9.17) is 5.73 Å². The molecule has 0 aromatic heterocycles. The first kappa shape index (κ1) is 16.7. The summed E-state index contributed by atoms with van der Waals surface area (Å²) < 4.78 is 38.8. The molecule has 18 heavy (non-hydrogen) atoms. The molecule has 0 aliphatic rings. The predicted octanol–water partition coefficient (Wildman–Crippen LogP) is 2.45. The minimum absolute atomic E-state index is 0. The van der Waals surface area contributed by atoms with Gasteiger partial charge in [0.1, 0.15) is 5.82 Å². The standard InChI is InChI=1S/C11H13F3N2O.ClH/c1-11(2,5-15)10(17)16-9-4-7(13)6(12)3-8(9)14;/h3-4H,5,15H2,1-2H3,(H,16,17);1H. The van der Waals surface area contributed by atoms with Crippen LogP contribution in [0.15, 0.2) is 12.1 Å². The Labute approximate surface area is 109 Å². The van der Waals surface area contributed by atoms with E-state index in [2.05, 4.69) is 5.32 Å². The van der Waals surface area contributed by atoms with Crippen molar-refractivity contribution in [2.24, 2.45) is 11.1 Å². The van der Waals surface area contributed by atoms with Gasteiger partial charge in [-0.3, -0.25) is 4.79 Å². The summed E-state index contributed by atoms with van der Waals surface area (Å²) in [5.74, 6) is -4.14. The van der Waals surface area contributed by atoms with Gasteiger partial charge in [-0.2, -0.15) is 0 Å². The van der Waals surface area contributed by atoms with Crippen LogP contribution >= 0.6 is 12.4 Å². The fourth-order valence-electron chi connectivity index (χ4n) is 1.00. The molecule has 0 aliphatic carbocycles. The zero-order chi connectivity index (χ0) is 13.2. The lowest BCUT2D eigenvalue weighted by Crippen LogP contribution is -2.37. The maximum Gasteiger partial charge on any atom is 0.231 e. The van der Waals surface area contributed by atoms with Crippen molar-refractivity contribution >= 4 is 24.0 Å². The SMILES string of the molecule is CC(C)(CN)C(=O)Nc1cc(F)c(F)cc1F.Cl. The molecule has 1 amide bonds. The van der Waals surface area contributed by atoms with Crippen molar-refractivity contribution in [1.82, 2.24) is 0 Å². The molecule has 0 bridgehead atoms. The van der Waals surface area contributed by atoms with E-state index < -0.39 is 34.5 Å². The topological polar surface area (TPSA) is 55.1 Å². The number of benzene rings is 1. The van der Waals surface area contributed by atoms with E-state index in [1.807, 2.05) is 0 Å². The van der Waals surface area contributed by atoms with Gasteiger partial charge in [0.25, 0.3) is 0 Å². The molecule has 0 radical (unpaired) electrons. The molecule has 7 heteroatoms. The summed E-state index contributed by atoms with van der Waals surface area (Å²) in [6.07, 6.45) is 0. The molecule has 1 rings (SSSR count). The second-order valence-electron chi connectivity index (χ2n) is 4.29. The summed E-state index contributed by atoms with van der Waals surface area (Å²) in [7, 11) is 0. The molecule has 0 fully saturated rings. The number of hydrogen-bond acceptors (Lipinski definition) is 2. The number of anilines is 1. The summed E-state index contributed by atoms with van der Waals surface area (Å²) in [4.78, 5) is 11.6. The fraction of sp³-hybridized carbons (Fsp3) is 0.364. The maximum atomic E-state index is 13.2. The van der Waals surface area contributed by atoms with Gasteiger partial charge in [-0.25, -0.2) is 13.2 Å². The van der Waals surface area contributed by atoms with Gasteiger partial charge in [-0.1, -0.05) is 0 Å². The van der Waals surface area contributed by atoms with Crippen LogP contribution in [-0.2, 0) is 4.79 Å². The Morgan fingerprint density at radius 3 is 2.22 bits per heavy atom. The number of rotatable bonds is 3. The summed E-state index contributed by atoms with van der Waals surface area (Å²) in [5.41, 5.74) is 4.04. The molecular weight excluding hydrogens is 269 g/mol. The number of carbonyl (C=O) groups excluding carboxylic acids is 1. The molecule has 3 N–H and O–H groups in total. The average Bonchev–Trinajstić information content (AvgIpc) is 2.25. The van der Waals surface area contributed by atoms with Crippen molar-refractivity contribution in [2.75, 3.05) is 11.9 Å². The fourth-order valence-corrected chi connectivity index (χ4v) is 1.00. The van der Waals surface area contributed by atoms with Gasteiger partial charge in [0.15, 0.2) is 11.6 Å². The van der Waals surface area contributed by atoms with Crippen molar-refractivity contribution in [2.45, 2.75) is 13.8 Å². The van der Waals surface area contributed by atoms with Crippen molar-refractivity contribution in [3.63, 3.8) is 0 Å². The normalized spacial score (nSPS) is 10.8. The number of halogens is 4. The van der Waals surface area contributed by atoms with E-state index >= 15 is 0 Å². The number of nitrogens with one attached hydrogen (secondary N) is 1. The third-order valence-corrected chi connectivity index (χ3v) is 2.38. The zero-order valence-corrected chi connectivity index (χ0v) is 10.7. The van der Waals surface area contributed by atoms with Crippen LogP contribution in [-0.4, -0.2) is 12.5 Å². The summed E-state index contributed by atoms with van der Waals surface area (Å²) in [6.45, 7) is 3.16. The van der Waals surface area contributed by atoms with Crippen molar-refractivity contribution < 1.29 is 18.0 Å². The molecule has 0 unspecified atom stereocenters.